The number of nitrogens with one attached hydrogen (secondary N) is 1. The highest BCUT2D eigenvalue weighted by Gasteiger charge is 2.17. The van der Waals surface area contributed by atoms with Crippen LogP contribution in [0, 0.1) is 0 Å². The minimum Gasteiger partial charge on any atom is -0.478 e. The highest BCUT2D eigenvalue weighted by Crippen LogP contribution is 2.15. The molecular weight excluding hydrogens is 322 g/mol. The first-order valence-electron chi connectivity index (χ1n) is 7.67. The first-order chi connectivity index (χ1) is 12.0. The van der Waals surface area contributed by atoms with Crippen LogP contribution in [0.3, 0.4) is 0 Å². The number of hydrogen-bond donors (Lipinski definition) is 2. The molecule has 0 saturated carbocycles. The number of aromatic carboxylic acids is 1. The van der Waals surface area contributed by atoms with Crippen molar-refractivity contribution in [3.8, 4) is 0 Å². The number of benzene rings is 1. The zero-order chi connectivity index (χ0) is 17.8. The molecule has 8 heteroatoms. The summed E-state index contributed by atoms with van der Waals surface area (Å²) < 4.78 is 3.12. The van der Waals surface area contributed by atoms with E-state index < -0.39 is 12.0 Å². The lowest BCUT2D eigenvalue weighted by molar-refractivity contribution is -0.119. The fourth-order valence-corrected chi connectivity index (χ4v) is 2.36. The summed E-state index contributed by atoms with van der Waals surface area (Å²) in [5.74, 6) is -1.36. The van der Waals surface area contributed by atoms with E-state index >= 15 is 0 Å². The van der Waals surface area contributed by atoms with E-state index in [9.17, 15) is 9.59 Å². The van der Waals surface area contributed by atoms with Crippen molar-refractivity contribution >= 4 is 17.6 Å². The molecule has 1 atom stereocenters. The molecule has 0 spiro atoms. The van der Waals surface area contributed by atoms with Gasteiger partial charge in [0.2, 0.25) is 5.91 Å². The summed E-state index contributed by atoms with van der Waals surface area (Å²) in [7, 11) is 0. The lowest BCUT2D eigenvalue weighted by Gasteiger charge is -2.13. The van der Waals surface area contributed by atoms with Gasteiger partial charge in [0.1, 0.15) is 6.04 Å². The average molecular weight is 339 g/mol. The van der Waals surface area contributed by atoms with Crippen molar-refractivity contribution in [2.75, 3.05) is 5.32 Å². The maximum absolute atomic E-state index is 12.4. The van der Waals surface area contributed by atoms with Gasteiger partial charge in [-0.25, -0.2) is 4.79 Å². The number of rotatable bonds is 6. The standard InChI is InChI=1S/C17H17N5O3/c1-12(22-11-14(9-19-22)17(24)25)16(23)20-15-5-2-4-13(8-15)10-21-7-3-6-18-21/h2-9,11-12H,10H2,1H3,(H,20,23)(H,24,25). The Kier molecular flexibility index (Phi) is 4.60. The minimum atomic E-state index is -1.08. The molecule has 25 heavy (non-hydrogen) atoms. The molecule has 2 N–H and O–H groups in total. The monoisotopic (exact) mass is 339 g/mol. The van der Waals surface area contributed by atoms with Gasteiger partial charge in [-0.2, -0.15) is 10.2 Å². The van der Waals surface area contributed by atoms with Crippen molar-refractivity contribution in [1.29, 1.82) is 0 Å². The number of carbonyl (C=O) groups excluding carboxylic acids is 1. The van der Waals surface area contributed by atoms with E-state index in [4.69, 9.17) is 5.11 Å². The van der Waals surface area contributed by atoms with Gasteiger partial charge in [-0.15, -0.1) is 0 Å². The number of hydrogen-bond acceptors (Lipinski definition) is 4. The number of carboxylic acid groups (broad SMARTS) is 1. The summed E-state index contributed by atoms with van der Waals surface area (Å²) in [6, 6.07) is 8.69. The SMILES string of the molecule is CC(C(=O)Nc1cccc(Cn2cccn2)c1)n1cc(C(=O)O)cn1. The fraction of sp³-hybridized carbons (Fsp3) is 0.176. The summed E-state index contributed by atoms with van der Waals surface area (Å²) in [4.78, 5) is 23.3. The van der Waals surface area contributed by atoms with Gasteiger partial charge in [0.05, 0.1) is 18.3 Å². The Balaban J connectivity index is 1.68. The van der Waals surface area contributed by atoms with Crippen LogP contribution < -0.4 is 5.32 Å². The predicted molar refractivity (Wildman–Crippen MR) is 90.3 cm³/mol. The van der Waals surface area contributed by atoms with Crippen LogP contribution in [-0.2, 0) is 11.3 Å². The molecule has 3 rings (SSSR count). The summed E-state index contributed by atoms with van der Waals surface area (Å²) in [6.07, 6.45) is 6.13. The third kappa shape index (κ3) is 3.92. The zero-order valence-electron chi connectivity index (χ0n) is 13.5. The van der Waals surface area contributed by atoms with Crippen LogP contribution in [0.5, 0.6) is 0 Å². The van der Waals surface area contributed by atoms with Gasteiger partial charge in [-0.05, 0) is 30.7 Å². The first kappa shape index (κ1) is 16.4. The van der Waals surface area contributed by atoms with Crippen molar-refractivity contribution in [3.05, 3.63) is 66.2 Å². The highest BCUT2D eigenvalue weighted by molar-refractivity contribution is 5.93. The lowest BCUT2D eigenvalue weighted by Crippen LogP contribution is -2.24. The van der Waals surface area contributed by atoms with Crippen molar-refractivity contribution in [2.45, 2.75) is 19.5 Å². The lowest BCUT2D eigenvalue weighted by atomic mass is 10.2. The average Bonchev–Trinajstić information content (AvgIpc) is 3.26. The summed E-state index contributed by atoms with van der Waals surface area (Å²) in [5.41, 5.74) is 1.70. The van der Waals surface area contributed by atoms with Crippen molar-refractivity contribution in [2.24, 2.45) is 0 Å². The second-order valence-electron chi connectivity index (χ2n) is 5.58. The fourth-order valence-electron chi connectivity index (χ4n) is 2.36. The molecule has 128 valence electrons. The molecule has 2 heterocycles. The molecule has 1 aromatic carbocycles. The third-order valence-electron chi connectivity index (χ3n) is 3.72. The van der Waals surface area contributed by atoms with Crippen molar-refractivity contribution in [3.63, 3.8) is 0 Å². The van der Waals surface area contributed by atoms with E-state index in [1.165, 1.54) is 17.1 Å². The summed E-state index contributed by atoms with van der Waals surface area (Å²) in [6.45, 7) is 2.26. The molecule has 0 aliphatic heterocycles. The Morgan fingerprint density at radius 2 is 2.12 bits per heavy atom. The molecule has 0 aliphatic rings. The molecule has 0 fully saturated rings. The Bertz CT molecular complexity index is 885. The number of aromatic nitrogens is 4. The van der Waals surface area contributed by atoms with E-state index in [2.05, 4.69) is 15.5 Å². The van der Waals surface area contributed by atoms with Crippen LogP contribution in [0.25, 0.3) is 0 Å². The van der Waals surface area contributed by atoms with Crippen molar-refractivity contribution in [1.82, 2.24) is 19.6 Å². The Morgan fingerprint density at radius 1 is 1.28 bits per heavy atom. The van der Waals surface area contributed by atoms with Gasteiger partial charge in [0.25, 0.3) is 0 Å². The van der Waals surface area contributed by atoms with Gasteiger partial charge < -0.3 is 10.4 Å². The van der Waals surface area contributed by atoms with E-state index in [1.54, 1.807) is 23.9 Å². The molecule has 8 nitrogen and oxygen atoms in total. The van der Waals surface area contributed by atoms with Crippen LogP contribution >= 0.6 is 0 Å². The number of amides is 1. The van der Waals surface area contributed by atoms with Crippen molar-refractivity contribution < 1.29 is 14.7 Å². The molecule has 2 aromatic heterocycles. The molecule has 1 amide bonds. The molecule has 0 radical (unpaired) electrons. The van der Waals surface area contributed by atoms with Gasteiger partial charge in [-0.1, -0.05) is 12.1 Å². The third-order valence-corrected chi connectivity index (χ3v) is 3.72. The van der Waals surface area contributed by atoms with Gasteiger partial charge in [0, 0.05) is 24.3 Å². The van der Waals surface area contributed by atoms with Gasteiger partial charge in [-0.3, -0.25) is 14.2 Å². The van der Waals surface area contributed by atoms with Crippen LogP contribution in [0.4, 0.5) is 5.69 Å². The van der Waals surface area contributed by atoms with Crippen LogP contribution in [0.15, 0.2) is 55.1 Å². The quantitative estimate of drug-likeness (QED) is 0.715. The van der Waals surface area contributed by atoms with Crippen LogP contribution in [-0.4, -0.2) is 36.5 Å². The molecule has 0 bridgehead atoms. The molecular formula is C17H17N5O3. The van der Waals surface area contributed by atoms with Gasteiger partial charge >= 0.3 is 5.97 Å². The predicted octanol–water partition coefficient (Wildman–Crippen LogP) is 2.03. The minimum absolute atomic E-state index is 0.0425. The van der Waals surface area contributed by atoms with E-state index in [1.807, 2.05) is 30.5 Å². The smallest absolute Gasteiger partial charge is 0.338 e. The summed E-state index contributed by atoms with van der Waals surface area (Å²) >= 11 is 0. The molecule has 3 aromatic rings. The first-order valence-corrected chi connectivity index (χ1v) is 7.67. The van der Waals surface area contributed by atoms with Gasteiger partial charge in [0.15, 0.2) is 0 Å². The number of carboxylic acids is 1. The molecule has 0 saturated heterocycles. The highest BCUT2D eigenvalue weighted by atomic mass is 16.4. The summed E-state index contributed by atoms with van der Waals surface area (Å²) in [5, 5.41) is 19.8. The second kappa shape index (κ2) is 7.00. The topological polar surface area (TPSA) is 102 Å². The maximum atomic E-state index is 12.4. The zero-order valence-corrected chi connectivity index (χ0v) is 13.5. The van der Waals surface area contributed by atoms with Crippen LogP contribution in [0.2, 0.25) is 0 Å². The van der Waals surface area contributed by atoms with E-state index in [-0.39, 0.29) is 11.5 Å². The largest absolute Gasteiger partial charge is 0.478 e. The molecule has 0 aliphatic carbocycles. The number of anilines is 1. The Labute approximate surface area is 143 Å². The van der Waals surface area contributed by atoms with E-state index in [0.717, 1.165) is 5.56 Å². The number of nitrogens with zero attached hydrogens (tertiary/aromatic N) is 4. The molecule has 1 unspecified atom stereocenters. The van der Waals surface area contributed by atoms with E-state index in [0.29, 0.717) is 12.2 Å². The number of carbonyl (C=O) groups is 2. The Hall–Kier alpha value is -3.42. The maximum Gasteiger partial charge on any atom is 0.338 e. The van der Waals surface area contributed by atoms with Crippen LogP contribution in [0.1, 0.15) is 28.9 Å². The Morgan fingerprint density at radius 3 is 2.80 bits per heavy atom. The normalized spacial score (nSPS) is 11.9. The second-order valence-corrected chi connectivity index (χ2v) is 5.58.